The van der Waals surface area contributed by atoms with Crippen LogP contribution in [0.25, 0.3) is 0 Å². The lowest BCUT2D eigenvalue weighted by atomic mass is 9.92. The van der Waals surface area contributed by atoms with Crippen molar-refractivity contribution in [3.63, 3.8) is 0 Å². The van der Waals surface area contributed by atoms with Crippen molar-refractivity contribution in [1.29, 1.82) is 0 Å². The van der Waals surface area contributed by atoms with Gasteiger partial charge in [-0.15, -0.1) is 0 Å². The summed E-state index contributed by atoms with van der Waals surface area (Å²) in [6, 6.07) is 10.9. The maximum Gasteiger partial charge on any atom is 0.339 e. The predicted molar refractivity (Wildman–Crippen MR) is 142 cm³/mol. The number of fused-ring (bicyclic) bond motifs is 1. The Kier molecular flexibility index (Phi) is 8.42. The highest BCUT2D eigenvalue weighted by molar-refractivity contribution is 6.07. The van der Waals surface area contributed by atoms with E-state index in [-0.39, 0.29) is 22.6 Å². The molecule has 212 valence electrons. The van der Waals surface area contributed by atoms with Gasteiger partial charge in [-0.05, 0) is 30.3 Å². The molecule has 0 radical (unpaired) electrons. The third-order valence-corrected chi connectivity index (χ3v) is 6.40. The third kappa shape index (κ3) is 5.09. The van der Waals surface area contributed by atoms with E-state index in [1.54, 1.807) is 30.3 Å². The molecule has 40 heavy (non-hydrogen) atoms. The van der Waals surface area contributed by atoms with Crippen LogP contribution >= 0.6 is 0 Å². The minimum absolute atomic E-state index is 0.108. The molecule has 11 heteroatoms. The van der Waals surface area contributed by atoms with Gasteiger partial charge >= 0.3 is 5.97 Å². The minimum Gasteiger partial charge on any atom is -0.496 e. The van der Waals surface area contributed by atoms with E-state index in [1.807, 2.05) is 0 Å². The Balaban J connectivity index is 1.85. The number of hydrogen-bond acceptors (Lipinski definition) is 11. The summed E-state index contributed by atoms with van der Waals surface area (Å²) in [5.41, 5.74) is 0.680. The largest absolute Gasteiger partial charge is 0.496 e. The smallest absolute Gasteiger partial charge is 0.339 e. The van der Waals surface area contributed by atoms with Crippen LogP contribution in [0.3, 0.4) is 0 Å². The van der Waals surface area contributed by atoms with Crippen molar-refractivity contribution in [2.75, 3.05) is 49.8 Å². The topological polar surface area (TPSA) is 117 Å². The number of rotatable bonds is 10. The molecule has 0 saturated heterocycles. The summed E-state index contributed by atoms with van der Waals surface area (Å²) < 4.78 is 49.9. The van der Waals surface area contributed by atoms with Crippen molar-refractivity contribution in [3.05, 3.63) is 59.2 Å². The van der Waals surface area contributed by atoms with Crippen LogP contribution in [0.5, 0.6) is 46.0 Å². The number of ketones is 1. The van der Waals surface area contributed by atoms with Crippen molar-refractivity contribution >= 4 is 11.8 Å². The average Bonchev–Trinajstić information content (AvgIpc) is 3.00. The van der Waals surface area contributed by atoms with E-state index in [1.165, 1.54) is 61.9 Å². The van der Waals surface area contributed by atoms with Gasteiger partial charge in [0, 0.05) is 17.7 Å². The second-order valence-corrected chi connectivity index (χ2v) is 8.46. The molecule has 1 aliphatic rings. The molecule has 1 heterocycles. The Morgan fingerprint density at radius 1 is 0.675 bits per heavy atom. The summed E-state index contributed by atoms with van der Waals surface area (Å²) in [5.74, 6) is 1.24. The summed E-state index contributed by atoms with van der Waals surface area (Å²) in [6.45, 7) is 0. The zero-order valence-corrected chi connectivity index (χ0v) is 23.2. The van der Waals surface area contributed by atoms with Gasteiger partial charge in [0.2, 0.25) is 17.6 Å². The fourth-order valence-corrected chi connectivity index (χ4v) is 4.43. The first-order valence-electron chi connectivity index (χ1n) is 12.0. The van der Waals surface area contributed by atoms with E-state index in [0.717, 1.165) is 0 Å². The Bertz CT molecular complexity index is 1390. The van der Waals surface area contributed by atoms with E-state index in [4.69, 9.17) is 42.6 Å². The van der Waals surface area contributed by atoms with Crippen LogP contribution in [0, 0.1) is 0 Å². The molecule has 4 rings (SSSR count). The molecule has 1 aliphatic heterocycles. The molecular weight excluding hydrogens is 524 g/mol. The highest BCUT2D eigenvalue weighted by Crippen LogP contribution is 2.47. The van der Waals surface area contributed by atoms with Crippen LogP contribution in [-0.2, 0) is 4.74 Å². The first-order chi connectivity index (χ1) is 19.3. The molecule has 0 fully saturated rings. The van der Waals surface area contributed by atoms with Crippen molar-refractivity contribution < 1.29 is 52.2 Å². The lowest BCUT2D eigenvalue weighted by Gasteiger charge is -2.33. The van der Waals surface area contributed by atoms with Crippen molar-refractivity contribution in [3.8, 4) is 46.0 Å². The monoisotopic (exact) mass is 554 g/mol. The maximum atomic E-state index is 14.0. The Labute approximate surface area is 231 Å². The zero-order valence-electron chi connectivity index (χ0n) is 23.2. The van der Waals surface area contributed by atoms with Crippen LogP contribution in [0.1, 0.15) is 32.4 Å². The number of esters is 1. The molecule has 11 nitrogen and oxygen atoms in total. The fourth-order valence-electron chi connectivity index (χ4n) is 4.43. The number of methoxy groups -OCH3 is 7. The first kappa shape index (κ1) is 28.2. The van der Waals surface area contributed by atoms with Crippen molar-refractivity contribution in [2.24, 2.45) is 0 Å². The summed E-state index contributed by atoms with van der Waals surface area (Å²) in [7, 11) is 10.2. The third-order valence-electron chi connectivity index (χ3n) is 6.40. The number of benzene rings is 3. The van der Waals surface area contributed by atoms with E-state index in [9.17, 15) is 9.59 Å². The molecule has 0 saturated carbocycles. The van der Waals surface area contributed by atoms with E-state index < -0.39 is 24.0 Å². The molecule has 0 aliphatic carbocycles. The van der Waals surface area contributed by atoms with E-state index >= 15 is 0 Å². The summed E-state index contributed by atoms with van der Waals surface area (Å²) >= 11 is 0. The summed E-state index contributed by atoms with van der Waals surface area (Å²) in [5, 5.41) is 0. The predicted octanol–water partition coefficient (Wildman–Crippen LogP) is 4.29. The van der Waals surface area contributed by atoms with Crippen LogP contribution in [0.15, 0.2) is 42.5 Å². The maximum absolute atomic E-state index is 14.0. The summed E-state index contributed by atoms with van der Waals surface area (Å²) in [6.07, 6.45) is -2.52. The normalized spacial score (nSPS) is 15.7. The SMILES string of the molecule is COc1cc(OC)c2c(c1)O[C@H](c1cc(OC)c(OC)c(OC)c1)[C@@H](OC(=O)c1ccc(OC)c(OC)c1)C2=O. The number of hydrogen-bond donors (Lipinski definition) is 0. The minimum atomic E-state index is -1.42. The molecule has 3 aromatic rings. The second-order valence-electron chi connectivity index (χ2n) is 8.46. The van der Waals surface area contributed by atoms with Gasteiger partial charge in [0.25, 0.3) is 0 Å². The van der Waals surface area contributed by atoms with Crippen LogP contribution in [-0.4, -0.2) is 67.6 Å². The first-order valence-corrected chi connectivity index (χ1v) is 12.0. The fraction of sp³-hybridized carbons (Fsp3) is 0.310. The molecule has 0 unspecified atom stereocenters. The Morgan fingerprint density at radius 2 is 1.30 bits per heavy atom. The summed E-state index contributed by atoms with van der Waals surface area (Å²) in [4.78, 5) is 27.4. The Morgan fingerprint density at radius 3 is 1.85 bits per heavy atom. The van der Waals surface area contributed by atoms with Crippen LogP contribution < -0.4 is 37.9 Å². The van der Waals surface area contributed by atoms with Gasteiger partial charge in [0.1, 0.15) is 22.8 Å². The quantitative estimate of drug-likeness (QED) is 0.334. The lowest BCUT2D eigenvalue weighted by molar-refractivity contribution is -0.0102. The van der Waals surface area contributed by atoms with Crippen molar-refractivity contribution in [2.45, 2.75) is 12.2 Å². The molecule has 2 atom stereocenters. The number of ether oxygens (including phenoxy) is 9. The molecule has 0 aromatic heterocycles. The van der Waals surface area contributed by atoms with Gasteiger partial charge in [-0.25, -0.2) is 4.79 Å². The van der Waals surface area contributed by atoms with E-state index in [0.29, 0.717) is 40.1 Å². The van der Waals surface area contributed by atoms with Gasteiger partial charge in [0.05, 0.1) is 55.3 Å². The molecule has 3 aromatic carbocycles. The highest BCUT2D eigenvalue weighted by atomic mass is 16.6. The molecule has 0 spiro atoms. The van der Waals surface area contributed by atoms with Gasteiger partial charge in [0.15, 0.2) is 29.1 Å². The highest BCUT2D eigenvalue weighted by Gasteiger charge is 2.44. The van der Waals surface area contributed by atoms with Crippen LogP contribution in [0.2, 0.25) is 0 Å². The average molecular weight is 555 g/mol. The molecular formula is C29H30O11. The zero-order chi connectivity index (χ0) is 29.0. The van der Waals surface area contributed by atoms with Gasteiger partial charge in [-0.2, -0.15) is 0 Å². The second kappa shape index (κ2) is 11.9. The Hall–Kier alpha value is -4.80. The number of carbonyl (C=O) groups is 2. The van der Waals surface area contributed by atoms with Gasteiger partial charge in [-0.1, -0.05) is 0 Å². The molecule has 0 amide bonds. The van der Waals surface area contributed by atoms with Gasteiger partial charge in [-0.3, -0.25) is 4.79 Å². The molecule has 0 bridgehead atoms. The molecule has 0 N–H and O–H groups in total. The van der Waals surface area contributed by atoms with Crippen LogP contribution in [0.4, 0.5) is 0 Å². The van der Waals surface area contributed by atoms with Gasteiger partial charge < -0.3 is 42.6 Å². The lowest BCUT2D eigenvalue weighted by Crippen LogP contribution is -2.40. The van der Waals surface area contributed by atoms with Crippen molar-refractivity contribution in [1.82, 2.24) is 0 Å². The number of carbonyl (C=O) groups excluding carboxylic acids is 2. The van der Waals surface area contributed by atoms with E-state index in [2.05, 4.69) is 0 Å². The standard InChI is InChI=1S/C29H30O11/c1-32-17-13-20(35-4)24-21(14-17)39-26(16-11-22(36-5)27(38-7)23(12-16)37-6)28(25(24)30)40-29(31)15-8-9-18(33-2)19(10-15)34-3/h8-14,26,28H,1-7H3/t26-,28+/m1/s1. The number of Topliss-reactive ketones (excluding diaryl/α,β-unsaturated/α-hetero) is 1.